The summed E-state index contributed by atoms with van der Waals surface area (Å²) in [5.41, 5.74) is 0.918. The van der Waals surface area contributed by atoms with Crippen LogP contribution >= 0.6 is 0 Å². The van der Waals surface area contributed by atoms with E-state index in [1.165, 1.54) is 24.1 Å². The molecular weight excluding hydrogens is 392 g/mol. The highest BCUT2D eigenvalue weighted by Gasteiger charge is 2.31. The Bertz CT molecular complexity index is 918. The fraction of sp³-hybridized carbons (Fsp3) is 0.364. The quantitative estimate of drug-likeness (QED) is 0.681. The number of halogens is 2. The lowest BCUT2D eigenvalue weighted by Gasteiger charge is -2.25. The molecule has 0 atom stereocenters. The van der Waals surface area contributed by atoms with Crippen molar-refractivity contribution in [2.24, 2.45) is 0 Å². The third-order valence-electron chi connectivity index (χ3n) is 4.95. The molecule has 0 heterocycles. The number of nitrogens with one attached hydrogen (secondary N) is 1. The van der Waals surface area contributed by atoms with Gasteiger partial charge in [-0.15, -0.1) is 0 Å². The Balaban J connectivity index is 1.55. The average Bonchev–Trinajstić information content (AvgIpc) is 3.54. The van der Waals surface area contributed by atoms with Crippen molar-refractivity contribution in [3.05, 3.63) is 59.7 Å². The molecule has 1 aliphatic carbocycles. The summed E-state index contributed by atoms with van der Waals surface area (Å²) in [5.74, 6) is -1.22. The third kappa shape index (κ3) is 6.00. The maximum Gasteiger partial charge on any atom is 0.243 e. The van der Waals surface area contributed by atoms with Crippen LogP contribution in [0.2, 0.25) is 0 Å². The van der Waals surface area contributed by atoms with Gasteiger partial charge in [0.2, 0.25) is 11.8 Å². The van der Waals surface area contributed by atoms with E-state index in [0.717, 1.165) is 18.9 Å². The van der Waals surface area contributed by atoms with E-state index >= 15 is 0 Å². The molecule has 160 valence electrons. The van der Waals surface area contributed by atoms with Crippen LogP contribution in [0.1, 0.15) is 18.4 Å². The van der Waals surface area contributed by atoms with Crippen LogP contribution in [-0.2, 0) is 16.1 Å². The lowest BCUT2D eigenvalue weighted by Crippen LogP contribution is -2.42. The number of anilines is 1. The van der Waals surface area contributed by atoms with E-state index in [2.05, 4.69) is 5.32 Å². The van der Waals surface area contributed by atoms with Crippen LogP contribution in [0.5, 0.6) is 5.75 Å². The number of benzene rings is 2. The summed E-state index contributed by atoms with van der Waals surface area (Å²) in [4.78, 5) is 28.1. The molecule has 1 saturated carbocycles. The minimum atomic E-state index is -0.632. The van der Waals surface area contributed by atoms with Crippen LogP contribution in [0.3, 0.4) is 0 Å². The molecule has 0 unspecified atom stereocenters. The molecule has 2 aromatic carbocycles. The van der Waals surface area contributed by atoms with Gasteiger partial charge >= 0.3 is 0 Å². The number of carbonyl (C=O) groups is 2. The van der Waals surface area contributed by atoms with Crippen molar-refractivity contribution in [3.63, 3.8) is 0 Å². The number of nitrogens with zero attached hydrogens (tertiary/aromatic N) is 2. The number of likely N-dealkylation sites (N-methyl/N-ethyl adjacent to an activating group) is 1. The Kier molecular flexibility index (Phi) is 6.99. The largest absolute Gasteiger partial charge is 0.497 e. The summed E-state index contributed by atoms with van der Waals surface area (Å²) < 4.78 is 32.3. The summed E-state index contributed by atoms with van der Waals surface area (Å²) >= 11 is 0. The first-order chi connectivity index (χ1) is 14.4. The van der Waals surface area contributed by atoms with Gasteiger partial charge in [0.15, 0.2) is 0 Å². The Labute approximate surface area is 174 Å². The van der Waals surface area contributed by atoms with Crippen LogP contribution in [0.4, 0.5) is 14.5 Å². The highest BCUT2D eigenvalue weighted by molar-refractivity contribution is 5.94. The van der Waals surface area contributed by atoms with Gasteiger partial charge in [-0.3, -0.25) is 14.5 Å². The molecule has 8 heteroatoms. The molecule has 0 saturated heterocycles. The van der Waals surface area contributed by atoms with Gasteiger partial charge in [-0.1, -0.05) is 12.1 Å². The fourth-order valence-electron chi connectivity index (χ4n) is 3.12. The molecule has 1 aliphatic rings. The van der Waals surface area contributed by atoms with Gasteiger partial charge < -0.3 is 15.0 Å². The van der Waals surface area contributed by atoms with Crippen LogP contribution in [0, 0.1) is 11.6 Å². The second-order valence-electron chi connectivity index (χ2n) is 7.40. The number of methoxy groups -OCH3 is 1. The van der Waals surface area contributed by atoms with Crippen molar-refractivity contribution in [2.45, 2.75) is 25.4 Å². The highest BCUT2D eigenvalue weighted by atomic mass is 19.1. The predicted molar refractivity (Wildman–Crippen MR) is 109 cm³/mol. The van der Waals surface area contributed by atoms with E-state index in [9.17, 15) is 18.4 Å². The van der Waals surface area contributed by atoms with Crippen LogP contribution in [0.25, 0.3) is 0 Å². The fourth-order valence-corrected chi connectivity index (χ4v) is 3.12. The molecule has 1 fully saturated rings. The first kappa shape index (κ1) is 21.7. The summed E-state index contributed by atoms with van der Waals surface area (Å²) in [5, 5.41) is 2.73. The Morgan fingerprint density at radius 3 is 2.57 bits per heavy atom. The number of amides is 2. The Morgan fingerprint density at radius 1 is 1.13 bits per heavy atom. The molecular formula is C22H25F2N3O3. The Hall–Kier alpha value is -3.00. The molecule has 0 spiro atoms. The zero-order valence-electron chi connectivity index (χ0n) is 17.0. The van der Waals surface area contributed by atoms with E-state index in [-0.39, 0.29) is 37.5 Å². The highest BCUT2D eigenvalue weighted by Crippen LogP contribution is 2.28. The van der Waals surface area contributed by atoms with Gasteiger partial charge in [0, 0.05) is 43.0 Å². The van der Waals surface area contributed by atoms with E-state index in [1.807, 2.05) is 4.90 Å². The van der Waals surface area contributed by atoms with Crippen LogP contribution in [0.15, 0.2) is 42.5 Å². The maximum absolute atomic E-state index is 14.0. The maximum atomic E-state index is 14.0. The molecule has 2 aromatic rings. The SMILES string of the molecule is COc1cccc(NC(=O)CN(C)C(=O)CN(Cc2ccc(F)cc2F)C2CC2)c1. The number of ether oxygens (including phenoxy) is 1. The zero-order valence-corrected chi connectivity index (χ0v) is 17.0. The molecule has 0 bridgehead atoms. The minimum absolute atomic E-state index is 0.0599. The summed E-state index contributed by atoms with van der Waals surface area (Å²) in [6.45, 7) is 0.163. The molecule has 1 N–H and O–H groups in total. The average molecular weight is 417 g/mol. The van der Waals surface area contributed by atoms with Crippen molar-refractivity contribution in [3.8, 4) is 5.75 Å². The van der Waals surface area contributed by atoms with Gasteiger partial charge in [-0.05, 0) is 31.0 Å². The van der Waals surface area contributed by atoms with Crippen molar-refractivity contribution >= 4 is 17.5 Å². The zero-order chi connectivity index (χ0) is 21.7. The first-order valence-electron chi connectivity index (χ1n) is 9.71. The van der Waals surface area contributed by atoms with Crippen molar-refractivity contribution in [1.29, 1.82) is 0 Å². The van der Waals surface area contributed by atoms with Crippen LogP contribution in [-0.4, -0.2) is 54.9 Å². The van der Waals surface area contributed by atoms with E-state index < -0.39 is 11.6 Å². The second-order valence-corrected chi connectivity index (χ2v) is 7.40. The van der Waals surface area contributed by atoms with Gasteiger partial charge in [-0.25, -0.2) is 8.78 Å². The van der Waals surface area contributed by atoms with Crippen molar-refractivity contribution in [1.82, 2.24) is 9.80 Å². The number of rotatable bonds is 9. The molecule has 2 amide bonds. The summed E-state index contributed by atoms with van der Waals surface area (Å²) in [6.07, 6.45) is 1.85. The summed E-state index contributed by atoms with van der Waals surface area (Å²) in [6, 6.07) is 10.6. The number of carbonyl (C=O) groups excluding carboxylic acids is 2. The van der Waals surface area contributed by atoms with Gasteiger partial charge in [0.1, 0.15) is 17.4 Å². The molecule has 30 heavy (non-hydrogen) atoms. The van der Waals surface area contributed by atoms with Crippen molar-refractivity contribution in [2.75, 3.05) is 32.6 Å². The van der Waals surface area contributed by atoms with Gasteiger partial charge in [0.25, 0.3) is 0 Å². The van der Waals surface area contributed by atoms with Gasteiger partial charge in [-0.2, -0.15) is 0 Å². The van der Waals surface area contributed by atoms with E-state index in [1.54, 1.807) is 31.3 Å². The van der Waals surface area contributed by atoms with E-state index in [4.69, 9.17) is 4.74 Å². The van der Waals surface area contributed by atoms with Crippen molar-refractivity contribution < 1.29 is 23.1 Å². The molecule has 0 aliphatic heterocycles. The van der Waals surface area contributed by atoms with E-state index in [0.29, 0.717) is 17.0 Å². The lowest BCUT2D eigenvalue weighted by atomic mass is 10.2. The lowest BCUT2D eigenvalue weighted by molar-refractivity contribution is -0.134. The second kappa shape index (κ2) is 9.67. The Morgan fingerprint density at radius 2 is 1.90 bits per heavy atom. The number of hydrogen-bond acceptors (Lipinski definition) is 4. The minimum Gasteiger partial charge on any atom is -0.497 e. The molecule has 0 aromatic heterocycles. The molecule has 0 radical (unpaired) electrons. The van der Waals surface area contributed by atoms with Gasteiger partial charge in [0.05, 0.1) is 20.2 Å². The summed E-state index contributed by atoms with van der Waals surface area (Å²) in [7, 11) is 3.09. The normalized spacial score (nSPS) is 13.2. The monoisotopic (exact) mass is 417 g/mol. The topological polar surface area (TPSA) is 61.9 Å². The molecule has 3 rings (SSSR count). The van der Waals surface area contributed by atoms with Crippen LogP contribution < -0.4 is 10.1 Å². The third-order valence-corrected chi connectivity index (χ3v) is 4.95. The predicted octanol–water partition coefficient (Wildman–Crippen LogP) is 3.03. The standard InChI is InChI=1S/C22H25F2N3O3/c1-26(13-21(28)25-17-4-3-5-19(11-17)30-2)22(29)14-27(18-8-9-18)12-15-6-7-16(23)10-20(15)24/h3-7,10-11,18H,8-9,12-14H2,1-2H3,(H,25,28). The molecule has 6 nitrogen and oxygen atoms in total. The smallest absolute Gasteiger partial charge is 0.243 e. The first-order valence-corrected chi connectivity index (χ1v) is 9.71. The number of hydrogen-bond donors (Lipinski definition) is 1.